The standard InChI is InChI=1S/C13H16ClF2N3O/c1-8-5-12(17-6-10(8)14)18-11-3-4-19(9(2)20)7-13(11,15)16/h5-6,11H,3-4,7H2,1-2H3,(H,17,18). The van der Waals surface area contributed by atoms with Crippen LogP contribution < -0.4 is 5.32 Å². The van der Waals surface area contributed by atoms with Crippen LogP contribution in [0.3, 0.4) is 0 Å². The van der Waals surface area contributed by atoms with Crippen LogP contribution >= 0.6 is 11.6 Å². The van der Waals surface area contributed by atoms with E-state index in [2.05, 4.69) is 10.3 Å². The molecule has 0 bridgehead atoms. The molecular formula is C13H16ClF2N3O. The molecular weight excluding hydrogens is 288 g/mol. The average Bonchev–Trinajstić information content (AvgIpc) is 2.35. The fourth-order valence-corrected chi connectivity index (χ4v) is 2.29. The van der Waals surface area contributed by atoms with Crippen molar-refractivity contribution in [2.24, 2.45) is 0 Å². The van der Waals surface area contributed by atoms with Crippen LogP contribution in [0.15, 0.2) is 12.3 Å². The Morgan fingerprint density at radius 2 is 2.30 bits per heavy atom. The molecule has 7 heteroatoms. The third-order valence-corrected chi connectivity index (χ3v) is 3.81. The second-order valence-corrected chi connectivity index (χ2v) is 5.41. The summed E-state index contributed by atoms with van der Waals surface area (Å²) in [5, 5.41) is 3.24. The van der Waals surface area contributed by atoms with E-state index < -0.39 is 18.5 Å². The number of hydrogen-bond donors (Lipinski definition) is 1. The van der Waals surface area contributed by atoms with Crippen molar-refractivity contribution >= 4 is 23.3 Å². The summed E-state index contributed by atoms with van der Waals surface area (Å²) in [5.74, 6) is -2.95. The summed E-state index contributed by atoms with van der Waals surface area (Å²) in [4.78, 5) is 16.3. The molecule has 1 unspecified atom stereocenters. The van der Waals surface area contributed by atoms with E-state index in [1.165, 1.54) is 18.0 Å². The predicted molar refractivity (Wildman–Crippen MR) is 73.2 cm³/mol. The first-order chi connectivity index (χ1) is 9.29. The predicted octanol–water partition coefficient (Wildman–Crippen LogP) is 2.71. The molecule has 0 radical (unpaired) electrons. The highest BCUT2D eigenvalue weighted by Crippen LogP contribution is 2.30. The first-order valence-electron chi connectivity index (χ1n) is 6.31. The zero-order valence-corrected chi connectivity index (χ0v) is 12.0. The van der Waals surface area contributed by atoms with Crippen LogP contribution in [0.25, 0.3) is 0 Å². The van der Waals surface area contributed by atoms with E-state index in [-0.39, 0.29) is 12.3 Å². The monoisotopic (exact) mass is 303 g/mol. The van der Waals surface area contributed by atoms with Crippen molar-refractivity contribution in [3.63, 3.8) is 0 Å². The van der Waals surface area contributed by atoms with E-state index in [9.17, 15) is 13.6 Å². The molecule has 0 aromatic carbocycles. The number of aromatic nitrogens is 1. The Hall–Kier alpha value is -1.43. The number of anilines is 1. The van der Waals surface area contributed by atoms with Crippen molar-refractivity contribution in [3.8, 4) is 0 Å². The summed E-state index contributed by atoms with van der Waals surface area (Å²) in [6, 6.07) is 0.599. The zero-order valence-electron chi connectivity index (χ0n) is 11.3. The highest BCUT2D eigenvalue weighted by molar-refractivity contribution is 6.31. The lowest BCUT2D eigenvalue weighted by molar-refractivity contribution is -0.140. The Kier molecular flexibility index (Phi) is 4.13. The highest BCUT2D eigenvalue weighted by atomic mass is 35.5. The number of carbonyl (C=O) groups is 1. The molecule has 2 heterocycles. The van der Waals surface area contributed by atoms with Crippen molar-refractivity contribution in [1.29, 1.82) is 0 Å². The Morgan fingerprint density at radius 1 is 1.60 bits per heavy atom. The fraction of sp³-hybridized carbons (Fsp3) is 0.538. The SMILES string of the molecule is CC(=O)N1CCC(Nc2cc(C)c(Cl)cn2)C(F)(F)C1. The second kappa shape index (κ2) is 5.52. The summed E-state index contributed by atoms with van der Waals surface area (Å²) in [5.41, 5.74) is 0.772. The summed E-state index contributed by atoms with van der Waals surface area (Å²) >= 11 is 5.85. The van der Waals surface area contributed by atoms with Crippen LogP contribution in [0, 0.1) is 6.92 Å². The van der Waals surface area contributed by atoms with Crippen LogP contribution in [-0.2, 0) is 4.79 Å². The van der Waals surface area contributed by atoms with E-state index in [0.717, 1.165) is 5.56 Å². The minimum absolute atomic E-state index is 0.177. The number of aryl methyl sites for hydroxylation is 1. The van der Waals surface area contributed by atoms with Gasteiger partial charge in [0, 0.05) is 19.7 Å². The molecule has 1 amide bonds. The minimum Gasteiger partial charge on any atom is -0.361 e. The third kappa shape index (κ3) is 3.17. The van der Waals surface area contributed by atoms with Crippen LogP contribution in [-0.4, -0.2) is 40.8 Å². The molecule has 0 saturated carbocycles. The fourth-order valence-electron chi connectivity index (χ4n) is 2.18. The lowest BCUT2D eigenvalue weighted by Gasteiger charge is -2.38. The Morgan fingerprint density at radius 3 is 2.85 bits per heavy atom. The molecule has 4 nitrogen and oxygen atoms in total. The van der Waals surface area contributed by atoms with Crippen LogP contribution in [0.2, 0.25) is 5.02 Å². The topological polar surface area (TPSA) is 45.2 Å². The summed E-state index contributed by atoms with van der Waals surface area (Å²) in [6.07, 6.45) is 1.61. The number of alkyl halides is 2. The van der Waals surface area contributed by atoms with Crippen molar-refractivity contribution in [2.45, 2.75) is 32.2 Å². The van der Waals surface area contributed by atoms with E-state index in [1.54, 1.807) is 13.0 Å². The highest BCUT2D eigenvalue weighted by Gasteiger charge is 2.45. The maximum atomic E-state index is 14.0. The van der Waals surface area contributed by atoms with Gasteiger partial charge in [-0.2, -0.15) is 0 Å². The van der Waals surface area contributed by atoms with Gasteiger partial charge in [0.15, 0.2) is 0 Å². The lowest BCUT2D eigenvalue weighted by Crippen LogP contribution is -2.55. The smallest absolute Gasteiger partial charge is 0.285 e. The number of likely N-dealkylation sites (tertiary alicyclic amines) is 1. The van der Waals surface area contributed by atoms with Gasteiger partial charge in [0.25, 0.3) is 5.92 Å². The van der Waals surface area contributed by atoms with Gasteiger partial charge in [0.1, 0.15) is 5.82 Å². The van der Waals surface area contributed by atoms with Crippen molar-refractivity contribution in [2.75, 3.05) is 18.4 Å². The maximum Gasteiger partial charge on any atom is 0.285 e. The summed E-state index contributed by atoms with van der Waals surface area (Å²) < 4.78 is 28.1. The molecule has 1 atom stereocenters. The molecule has 1 aliphatic heterocycles. The quantitative estimate of drug-likeness (QED) is 0.913. The molecule has 1 aliphatic rings. The Labute approximate surface area is 121 Å². The number of piperidine rings is 1. The maximum absolute atomic E-state index is 14.0. The van der Waals surface area contributed by atoms with Gasteiger partial charge >= 0.3 is 0 Å². The minimum atomic E-state index is -2.99. The van der Waals surface area contributed by atoms with Crippen LogP contribution in [0.1, 0.15) is 18.9 Å². The van der Waals surface area contributed by atoms with Gasteiger partial charge in [-0.15, -0.1) is 0 Å². The van der Waals surface area contributed by atoms with Crippen molar-refractivity contribution in [3.05, 3.63) is 22.8 Å². The summed E-state index contributed by atoms with van der Waals surface area (Å²) in [7, 11) is 0. The zero-order chi connectivity index (χ0) is 14.9. The van der Waals surface area contributed by atoms with E-state index >= 15 is 0 Å². The van der Waals surface area contributed by atoms with E-state index in [1.807, 2.05) is 0 Å². The number of halogens is 3. The Bertz CT molecular complexity index is 524. The van der Waals surface area contributed by atoms with Gasteiger partial charge in [-0.05, 0) is 25.0 Å². The van der Waals surface area contributed by atoms with Crippen LogP contribution in [0.4, 0.5) is 14.6 Å². The number of nitrogens with one attached hydrogen (secondary N) is 1. The first kappa shape index (κ1) is 15.0. The number of carbonyl (C=O) groups excluding carboxylic acids is 1. The molecule has 1 aromatic heterocycles. The first-order valence-corrected chi connectivity index (χ1v) is 6.69. The molecule has 20 heavy (non-hydrogen) atoms. The van der Waals surface area contributed by atoms with Crippen molar-refractivity contribution in [1.82, 2.24) is 9.88 Å². The number of nitrogens with zero attached hydrogens (tertiary/aromatic N) is 2. The van der Waals surface area contributed by atoms with Gasteiger partial charge in [-0.25, -0.2) is 13.8 Å². The molecule has 110 valence electrons. The number of rotatable bonds is 2. The second-order valence-electron chi connectivity index (χ2n) is 5.01. The van der Waals surface area contributed by atoms with Gasteiger partial charge in [0.2, 0.25) is 5.91 Å². The van der Waals surface area contributed by atoms with E-state index in [4.69, 9.17) is 11.6 Å². The Balaban J connectivity index is 2.09. The number of amides is 1. The summed E-state index contributed by atoms with van der Waals surface area (Å²) in [6.45, 7) is 2.83. The van der Waals surface area contributed by atoms with Crippen LogP contribution in [0.5, 0.6) is 0 Å². The normalized spacial score (nSPS) is 21.6. The molecule has 2 rings (SSSR count). The molecule has 1 N–H and O–H groups in total. The number of pyridine rings is 1. The molecule has 1 aromatic rings. The number of hydrogen-bond acceptors (Lipinski definition) is 3. The van der Waals surface area contributed by atoms with Gasteiger partial charge in [-0.1, -0.05) is 11.6 Å². The van der Waals surface area contributed by atoms with Gasteiger partial charge < -0.3 is 10.2 Å². The molecule has 1 fully saturated rings. The van der Waals surface area contributed by atoms with Gasteiger partial charge in [0.05, 0.1) is 17.6 Å². The molecule has 0 spiro atoms. The molecule has 0 aliphatic carbocycles. The van der Waals surface area contributed by atoms with Gasteiger partial charge in [-0.3, -0.25) is 4.79 Å². The van der Waals surface area contributed by atoms with Crippen molar-refractivity contribution < 1.29 is 13.6 Å². The molecule has 1 saturated heterocycles. The lowest BCUT2D eigenvalue weighted by atomic mass is 10.0. The third-order valence-electron chi connectivity index (χ3n) is 3.41. The average molecular weight is 304 g/mol. The largest absolute Gasteiger partial charge is 0.361 e. The van der Waals surface area contributed by atoms with E-state index in [0.29, 0.717) is 17.4 Å².